The zero-order valence-corrected chi connectivity index (χ0v) is 14.5. The van der Waals surface area contributed by atoms with Gasteiger partial charge in [-0.2, -0.15) is 0 Å². The van der Waals surface area contributed by atoms with Gasteiger partial charge in [0.05, 0.1) is 10.9 Å². The molecule has 0 radical (unpaired) electrons. The van der Waals surface area contributed by atoms with Crippen molar-refractivity contribution in [3.8, 4) is 0 Å². The number of fused-ring (bicyclic) bond motifs is 1. The van der Waals surface area contributed by atoms with Crippen molar-refractivity contribution < 1.29 is 0 Å². The van der Waals surface area contributed by atoms with E-state index in [9.17, 15) is 0 Å². The summed E-state index contributed by atoms with van der Waals surface area (Å²) in [6.07, 6.45) is 2.72. The number of likely N-dealkylation sites (N-methyl/N-ethyl adjacent to an activating group) is 1. The second-order valence-corrected chi connectivity index (χ2v) is 6.78. The predicted molar refractivity (Wildman–Crippen MR) is 89.1 cm³/mol. The third kappa shape index (κ3) is 3.87. The van der Waals surface area contributed by atoms with Gasteiger partial charge in [-0.05, 0) is 32.5 Å². The molecule has 1 unspecified atom stereocenters. The van der Waals surface area contributed by atoms with Crippen LogP contribution in [0.25, 0.3) is 11.2 Å². The lowest BCUT2D eigenvalue weighted by molar-refractivity contribution is 0.289. The molecule has 0 saturated carbocycles. The highest BCUT2D eigenvalue weighted by Gasteiger charge is 2.21. The average molecular weight is 329 g/mol. The van der Waals surface area contributed by atoms with Crippen LogP contribution < -0.4 is 0 Å². The van der Waals surface area contributed by atoms with E-state index in [1.807, 2.05) is 6.07 Å². The third-order valence-corrected chi connectivity index (χ3v) is 3.82. The van der Waals surface area contributed by atoms with E-state index in [0.29, 0.717) is 22.9 Å². The molecular weight excluding hydrogens is 307 g/mol. The Hall–Kier alpha value is -0.840. The highest BCUT2D eigenvalue weighted by Crippen LogP contribution is 2.27. The number of hydrogen-bond acceptors (Lipinski definition) is 3. The summed E-state index contributed by atoms with van der Waals surface area (Å²) in [4.78, 5) is 11.3. The minimum absolute atomic E-state index is 0.299. The maximum absolute atomic E-state index is 6.10. The summed E-state index contributed by atoms with van der Waals surface area (Å²) in [7, 11) is 4.16. The summed E-state index contributed by atoms with van der Waals surface area (Å²) in [6.45, 7) is 5.39. The van der Waals surface area contributed by atoms with Crippen molar-refractivity contribution in [1.82, 2.24) is 19.4 Å². The van der Waals surface area contributed by atoms with Gasteiger partial charge in [-0.1, -0.05) is 25.4 Å². The van der Waals surface area contributed by atoms with Crippen LogP contribution in [-0.4, -0.2) is 40.1 Å². The fraction of sp³-hybridized carbons (Fsp3) is 0.600. The quantitative estimate of drug-likeness (QED) is 0.752. The molecule has 4 nitrogen and oxygen atoms in total. The van der Waals surface area contributed by atoms with Gasteiger partial charge < -0.3 is 9.47 Å². The fourth-order valence-electron chi connectivity index (χ4n) is 2.71. The Morgan fingerprint density at radius 1 is 1.33 bits per heavy atom. The van der Waals surface area contributed by atoms with Gasteiger partial charge in [0, 0.05) is 18.8 Å². The van der Waals surface area contributed by atoms with Crippen molar-refractivity contribution in [3.05, 3.63) is 23.1 Å². The van der Waals surface area contributed by atoms with E-state index in [1.54, 1.807) is 6.20 Å². The van der Waals surface area contributed by atoms with Crippen LogP contribution in [0.5, 0.6) is 0 Å². The number of alkyl halides is 1. The third-order valence-electron chi connectivity index (χ3n) is 3.37. The Morgan fingerprint density at radius 3 is 2.62 bits per heavy atom. The van der Waals surface area contributed by atoms with Crippen LogP contribution in [0.3, 0.4) is 0 Å². The van der Waals surface area contributed by atoms with Crippen molar-refractivity contribution >= 4 is 34.4 Å². The largest absolute Gasteiger partial charge is 0.307 e. The highest BCUT2D eigenvalue weighted by atomic mass is 35.5. The molecule has 0 aliphatic rings. The smallest absolute Gasteiger partial charge is 0.160 e. The number of pyridine rings is 1. The van der Waals surface area contributed by atoms with Gasteiger partial charge in [-0.3, -0.25) is 0 Å². The van der Waals surface area contributed by atoms with Crippen molar-refractivity contribution in [3.63, 3.8) is 0 Å². The Kier molecular flexibility index (Phi) is 5.47. The molecule has 1 atom stereocenters. The zero-order chi connectivity index (χ0) is 15.6. The molecule has 0 fully saturated rings. The van der Waals surface area contributed by atoms with Crippen LogP contribution in [0.2, 0.25) is 5.02 Å². The zero-order valence-electron chi connectivity index (χ0n) is 13.0. The first-order chi connectivity index (χ1) is 9.92. The number of rotatable bonds is 6. The molecule has 6 heteroatoms. The first kappa shape index (κ1) is 16.5. The van der Waals surface area contributed by atoms with Crippen molar-refractivity contribution in [2.24, 2.45) is 5.92 Å². The van der Waals surface area contributed by atoms with E-state index >= 15 is 0 Å². The van der Waals surface area contributed by atoms with Gasteiger partial charge in [0.1, 0.15) is 11.3 Å². The monoisotopic (exact) mass is 328 g/mol. The molecule has 2 heterocycles. The molecule has 0 bridgehead atoms. The second kappa shape index (κ2) is 6.95. The SMILES string of the molecule is CC(C)CC(CN(C)C)n1c(CCl)nc2cc(Cl)cnc21. The van der Waals surface area contributed by atoms with Crippen LogP contribution >= 0.6 is 23.2 Å². The maximum atomic E-state index is 6.10. The number of halogens is 2. The Labute approximate surface area is 136 Å². The van der Waals surface area contributed by atoms with Crippen LogP contribution in [-0.2, 0) is 5.88 Å². The lowest BCUT2D eigenvalue weighted by Crippen LogP contribution is -2.27. The predicted octanol–water partition coefficient (Wildman–Crippen LogP) is 3.97. The highest BCUT2D eigenvalue weighted by molar-refractivity contribution is 6.31. The van der Waals surface area contributed by atoms with Gasteiger partial charge in [-0.25, -0.2) is 9.97 Å². The molecule has 0 saturated heterocycles. The maximum Gasteiger partial charge on any atom is 0.160 e. The van der Waals surface area contributed by atoms with Gasteiger partial charge in [0.25, 0.3) is 0 Å². The average Bonchev–Trinajstić information content (AvgIpc) is 2.74. The second-order valence-electron chi connectivity index (χ2n) is 6.07. The fourth-order valence-corrected chi connectivity index (χ4v) is 3.05. The molecule has 0 N–H and O–H groups in total. The van der Waals surface area contributed by atoms with Gasteiger partial charge >= 0.3 is 0 Å². The summed E-state index contributed by atoms with van der Waals surface area (Å²) in [5.74, 6) is 1.81. The molecule has 2 rings (SSSR count). The van der Waals surface area contributed by atoms with Gasteiger partial charge in [0.15, 0.2) is 5.65 Å². The minimum Gasteiger partial charge on any atom is -0.307 e. The molecule has 116 valence electrons. The van der Waals surface area contributed by atoms with E-state index in [2.05, 4.69) is 47.4 Å². The first-order valence-corrected chi connectivity index (χ1v) is 8.06. The topological polar surface area (TPSA) is 34.0 Å². The molecule has 0 aliphatic carbocycles. The van der Waals surface area contributed by atoms with E-state index < -0.39 is 0 Å². The summed E-state index contributed by atoms with van der Waals surface area (Å²) >= 11 is 12.1. The summed E-state index contributed by atoms with van der Waals surface area (Å²) in [5.41, 5.74) is 1.67. The van der Waals surface area contributed by atoms with E-state index in [0.717, 1.165) is 30.0 Å². The number of nitrogens with zero attached hydrogens (tertiary/aromatic N) is 4. The van der Waals surface area contributed by atoms with E-state index in [1.165, 1.54) is 0 Å². The van der Waals surface area contributed by atoms with Gasteiger partial charge in [0.2, 0.25) is 0 Å². The summed E-state index contributed by atoms with van der Waals surface area (Å²) in [6, 6.07) is 2.14. The van der Waals surface area contributed by atoms with Crippen LogP contribution in [0.4, 0.5) is 0 Å². The first-order valence-electron chi connectivity index (χ1n) is 7.15. The van der Waals surface area contributed by atoms with E-state index in [-0.39, 0.29) is 0 Å². The normalized spacial score (nSPS) is 13.5. The van der Waals surface area contributed by atoms with Gasteiger partial charge in [-0.15, -0.1) is 11.6 Å². The molecule has 2 aromatic rings. The number of hydrogen-bond donors (Lipinski definition) is 0. The Bertz CT molecular complexity index is 597. The Balaban J connectivity index is 2.53. The Morgan fingerprint density at radius 2 is 2.05 bits per heavy atom. The van der Waals surface area contributed by atoms with Crippen LogP contribution in [0.15, 0.2) is 12.3 Å². The minimum atomic E-state index is 0.299. The van der Waals surface area contributed by atoms with Crippen molar-refractivity contribution in [1.29, 1.82) is 0 Å². The molecule has 0 aliphatic heterocycles. The summed E-state index contributed by atoms with van der Waals surface area (Å²) < 4.78 is 2.18. The summed E-state index contributed by atoms with van der Waals surface area (Å²) in [5, 5.41) is 0.598. The molecular formula is C15H22Cl2N4. The molecule has 21 heavy (non-hydrogen) atoms. The molecule has 0 amide bonds. The lowest BCUT2D eigenvalue weighted by Gasteiger charge is -2.25. The molecule has 2 aromatic heterocycles. The lowest BCUT2D eigenvalue weighted by atomic mass is 10.0. The number of aromatic nitrogens is 3. The van der Waals surface area contributed by atoms with Crippen molar-refractivity contribution in [2.45, 2.75) is 32.2 Å². The molecule has 0 spiro atoms. The standard InChI is InChI=1S/C15H22Cl2N4/c1-10(2)5-12(9-20(3)4)21-14(7-16)19-13-6-11(17)8-18-15(13)21/h6,8,10,12H,5,7,9H2,1-4H3. The van der Waals surface area contributed by atoms with E-state index in [4.69, 9.17) is 23.2 Å². The molecule has 0 aromatic carbocycles. The van der Waals surface area contributed by atoms with Crippen LogP contribution in [0, 0.1) is 5.92 Å². The number of imidazole rings is 1. The van der Waals surface area contributed by atoms with Crippen LogP contribution in [0.1, 0.15) is 32.1 Å². The van der Waals surface area contributed by atoms with Crippen molar-refractivity contribution in [2.75, 3.05) is 20.6 Å².